The van der Waals surface area contributed by atoms with E-state index >= 15 is 0 Å². The van der Waals surface area contributed by atoms with E-state index in [-0.39, 0.29) is 0 Å². The molecular weight excluding hydrogens is 226 g/mol. The number of nitrogen functional groups attached to an aromatic ring is 1. The third-order valence-corrected chi connectivity index (χ3v) is 4.20. The molecule has 0 aliphatic carbocycles. The van der Waals surface area contributed by atoms with Gasteiger partial charge in [0.15, 0.2) is 0 Å². The maximum absolute atomic E-state index is 5.86. The molecule has 0 aromatic heterocycles. The van der Waals surface area contributed by atoms with Crippen molar-refractivity contribution in [2.75, 3.05) is 5.73 Å². The van der Waals surface area contributed by atoms with Crippen LogP contribution in [0.3, 0.4) is 0 Å². The van der Waals surface area contributed by atoms with Crippen LogP contribution in [0.25, 0.3) is 0 Å². The summed E-state index contributed by atoms with van der Waals surface area (Å²) in [7, 11) is 1.07. The topological polar surface area (TPSA) is 35.2 Å². The molecule has 0 aliphatic heterocycles. The van der Waals surface area contributed by atoms with Crippen molar-refractivity contribution in [3.63, 3.8) is 0 Å². The Morgan fingerprint density at radius 2 is 1.59 bits per heavy atom. The monoisotopic (exact) mass is 243 g/mol. The Kier molecular flexibility index (Phi) is 3.20. The highest BCUT2D eigenvalue weighted by atomic mass is 28.1. The molecule has 0 unspecified atom stereocenters. The molecule has 0 aliphatic rings. The molecule has 0 heterocycles. The first-order chi connectivity index (χ1) is 8.08. The van der Waals surface area contributed by atoms with Gasteiger partial charge in [-0.25, -0.2) is 0 Å². The normalized spacial score (nSPS) is 10.5. The van der Waals surface area contributed by atoms with Crippen molar-refractivity contribution in [1.29, 1.82) is 0 Å². The lowest BCUT2D eigenvalue weighted by Crippen LogP contribution is -2.08. The summed E-state index contributed by atoms with van der Waals surface area (Å²) in [6.45, 7) is 4.25. The van der Waals surface area contributed by atoms with Gasteiger partial charge in [-0.05, 0) is 55.3 Å². The standard InChI is InChI=1S/C14H17NOSi/c1-9-10(2)14(17)8-7-13(9)16-12-5-3-11(15)4-6-12/h3-8H,15H2,1-2,17H3. The zero-order chi connectivity index (χ0) is 12.4. The molecule has 0 bridgehead atoms. The quantitative estimate of drug-likeness (QED) is 0.643. The smallest absolute Gasteiger partial charge is 0.130 e. The number of rotatable bonds is 2. The highest BCUT2D eigenvalue weighted by Crippen LogP contribution is 2.26. The maximum Gasteiger partial charge on any atom is 0.130 e. The molecule has 3 heteroatoms. The molecule has 88 valence electrons. The Labute approximate surface area is 105 Å². The fraction of sp³-hybridized carbons (Fsp3) is 0.143. The first-order valence-corrected chi connectivity index (χ1v) is 6.68. The van der Waals surface area contributed by atoms with Gasteiger partial charge < -0.3 is 10.5 Å². The van der Waals surface area contributed by atoms with Crippen LogP contribution in [-0.2, 0) is 0 Å². The van der Waals surface area contributed by atoms with Crippen LogP contribution in [0, 0.1) is 13.8 Å². The molecule has 2 rings (SSSR count). The summed E-state index contributed by atoms with van der Waals surface area (Å²) in [6.07, 6.45) is 0. The summed E-state index contributed by atoms with van der Waals surface area (Å²) in [6, 6.07) is 11.6. The molecule has 0 saturated carbocycles. The van der Waals surface area contributed by atoms with E-state index in [9.17, 15) is 0 Å². The summed E-state index contributed by atoms with van der Waals surface area (Å²) >= 11 is 0. The molecule has 0 radical (unpaired) electrons. The molecule has 2 aromatic carbocycles. The minimum Gasteiger partial charge on any atom is -0.457 e. The van der Waals surface area contributed by atoms with Gasteiger partial charge in [0.25, 0.3) is 0 Å². The fourth-order valence-electron chi connectivity index (χ4n) is 1.70. The highest BCUT2D eigenvalue weighted by Gasteiger charge is 2.05. The first kappa shape index (κ1) is 11.7. The molecule has 0 saturated heterocycles. The lowest BCUT2D eigenvalue weighted by Gasteiger charge is -2.12. The summed E-state index contributed by atoms with van der Waals surface area (Å²) in [4.78, 5) is 0. The number of nitrogens with two attached hydrogens (primary N) is 1. The average Bonchev–Trinajstić information content (AvgIpc) is 2.33. The van der Waals surface area contributed by atoms with Gasteiger partial charge in [0.05, 0.1) is 0 Å². The van der Waals surface area contributed by atoms with Gasteiger partial charge >= 0.3 is 0 Å². The predicted molar refractivity (Wildman–Crippen MR) is 76.4 cm³/mol. The summed E-state index contributed by atoms with van der Waals surface area (Å²) in [5.41, 5.74) is 8.95. The van der Waals surface area contributed by atoms with Crippen molar-refractivity contribution in [3.05, 3.63) is 47.5 Å². The van der Waals surface area contributed by atoms with E-state index in [2.05, 4.69) is 19.9 Å². The average molecular weight is 243 g/mol. The van der Waals surface area contributed by atoms with Crippen LogP contribution < -0.4 is 15.7 Å². The molecule has 17 heavy (non-hydrogen) atoms. The van der Waals surface area contributed by atoms with Crippen molar-refractivity contribution in [2.24, 2.45) is 0 Å². The van der Waals surface area contributed by atoms with Gasteiger partial charge in [0.1, 0.15) is 11.5 Å². The Morgan fingerprint density at radius 3 is 2.24 bits per heavy atom. The number of benzene rings is 2. The number of ether oxygens (including phenoxy) is 1. The van der Waals surface area contributed by atoms with Crippen LogP contribution in [0.4, 0.5) is 5.69 Å². The van der Waals surface area contributed by atoms with Crippen molar-refractivity contribution in [2.45, 2.75) is 13.8 Å². The first-order valence-electron chi connectivity index (χ1n) is 5.68. The van der Waals surface area contributed by atoms with Gasteiger partial charge in [0.2, 0.25) is 0 Å². The number of anilines is 1. The van der Waals surface area contributed by atoms with Gasteiger partial charge in [-0.1, -0.05) is 11.3 Å². The Hall–Kier alpha value is -1.74. The summed E-state index contributed by atoms with van der Waals surface area (Å²) in [5, 5.41) is 1.42. The molecule has 0 atom stereocenters. The molecule has 2 aromatic rings. The Bertz CT molecular complexity index is 535. The van der Waals surface area contributed by atoms with Crippen molar-refractivity contribution in [3.8, 4) is 11.5 Å². The third kappa shape index (κ3) is 2.50. The van der Waals surface area contributed by atoms with E-state index in [0.717, 1.165) is 27.4 Å². The van der Waals surface area contributed by atoms with Crippen molar-refractivity contribution < 1.29 is 4.74 Å². The zero-order valence-electron chi connectivity index (χ0n) is 10.4. The van der Waals surface area contributed by atoms with Crippen molar-refractivity contribution >= 4 is 21.1 Å². The second-order valence-electron chi connectivity index (χ2n) is 4.30. The molecular formula is C14H17NOSi. The van der Waals surface area contributed by atoms with E-state index in [4.69, 9.17) is 10.5 Å². The lowest BCUT2D eigenvalue weighted by molar-refractivity contribution is 0.478. The number of hydrogen-bond donors (Lipinski definition) is 1. The van der Waals surface area contributed by atoms with Gasteiger partial charge in [0, 0.05) is 15.9 Å². The van der Waals surface area contributed by atoms with Crippen LogP contribution in [0.5, 0.6) is 11.5 Å². The number of hydrogen-bond acceptors (Lipinski definition) is 2. The second-order valence-corrected chi connectivity index (χ2v) is 5.38. The minimum absolute atomic E-state index is 0.750. The lowest BCUT2D eigenvalue weighted by atomic mass is 10.1. The SMILES string of the molecule is Cc1c([SiH3])ccc(Oc2ccc(N)cc2)c1C. The maximum atomic E-state index is 5.86. The van der Waals surface area contributed by atoms with Crippen LogP contribution in [-0.4, -0.2) is 10.2 Å². The Morgan fingerprint density at radius 1 is 0.941 bits per heavy atom. The summed E-state index contributed by atoms with van der Waals surface area (Å²) < 4.78 is 5.86. The molecule has 0 spiro atoms. The minimum atomic E-state index is 0.750. The molecule has 0 amide bonds. The van der Waals surface area contributed by atoms with E-state index < -0.39 is 0 Å². The van der Waals surface area contributed by atoms with Crippen LogP contribution in [0.1, 0.15) is 11.1 Å². The molecule has 2 nitrogen and oxygen atoms in total. The highest BCUT2D eigenvalue weighted by molar-refractivity contribution is 6.33. The van der Waals surface area contributed by atoms with Gasteiger partial charge in [-0.3, -0.25) is 0 Å². The Balaban J connectivity index is 2.30. The second kappa shape index (κ2) is 4.63. The molecule has 0 fully saturated rings. The zero-order valence-corrected chi connectivity index (χ0v) is 12.4. The van der Waals surface area contributed by atoms with Crippen LogP contribution in [0.2, 0.25) is 0 Å². The predicted octanol–water partition coefficient (Wildman–Crippen LogP) is 1.67. The molecule has 2 N–H and O–H groups in total. The summed E-state index contributed by atoms with van der Waals surface area (Å²) in [5.74, 6) is 1.75. The largest absolute Gasteiger partial charge is 0.457 e. The van der Waals surface area contributed by atoms with Gasteiger partial charge in [-0.15, -0.1) is 0 Å². The van der Waals surface area contributed by atoms with Gasteiger partial charge in [-0.2, -0.15) is 0 Å². The fourth-order valence-corrected chi connectivity index (χ4v) is 2.25. The third-order valence-electron chi connectivity index (χ3n) is 3.12. The van der Waals surface area contributed by atoms with Crippen LogP contribution >= 0.6 is 0 Å². The van der Waals surface area contributed by atoms with E-state index in [1.54, 1.807) is 0 Å². The van der Waals surface area contributed by atoms with E-state index in [1.165, 1.54) is 16.3 Å². The van der Waals surface area contributed by atoms with Crippen LogP contribution in [0.15, 0.2) is 36.4 Å². The van der Waals surface area contributed by atoms with E-state index in [1.807, 2.05) is 30.3 Å². The van der Waals surface area contributed by atoms with Crippen molar-refractivity contribution in [1.82, 2.24) is 0 Å². The van der Waals surface area contributed by atoms with E-state index in [0.29, 0.717) is 0 Å².